The zero-order valence-electron chi connectivity index (χ0n) is 17.3. The maximum absolute atomic E-state index is 12.6. The first-order chi connectivity index (χ1) is 15.0. The number of piperazine rings is 1. The van der Waals surface area contributed by atoms with Gasteiger partial charge in [-0.2, -0.15) is 0 Å². The van der Waals surface area contributed by atoms with Crippen LogP contribution in [0.3, 0.4) is 0 Å². The van der Waals surface area contributed by atoms with Gasteiger partial charge in [-0.15, -0.1) is 0 Å². The van der Waals surface area contributed by atoms with Gasteiger partial charge in [0.05, 0.1) is 46.4 Å². The summed E-state index contributed by atoms with van der Waals surface area (Å²) in [4.78, 5) is 39.8. The number of carbonyl (C=O) groups is 3. The molecule has 164 valence electrons. The molecule has 8 nitrogen and oxygen atoms in total. The molecule has 3 rings (SSSR count). The van der Waals surface area contributed by atoms with Crippen molar-refractivity contribution in [2.24, 2.45) is 0 Å². The summed E-state index contributed by atoms with van der Waals surface area (Å²) in [7, 11) is 1.56. The fourth-order valence-corrected chi connectivity index (χ4v) is 3.61. The molecule has 1 aliphatic rings. The molecule has 2 aromatic rings. The Labute approximate surface area is 189 Å². The van der Waals surface area contributed by atoms with Crippen LogP contribution in [-0.4, -0.2) is 69.0 Å². The third kappa shape index (κ3) is 6.53. The van der Waals surface area contributed by atoms with Crippen LogP contribution in [0.4, 0.5) is 5.69 Å². The predicted octanol–water partition coefficient (Wildman–Crippen LogP) is 0.553. The SMILES string of the molecule is COc1ccc(NC(=O)C(=O)NCC[NH+]2CCN(C(=O)c3ccc(Br)cc3)CC2)cc1. The molecule has 0 bridgehead atoms. The lowest BCUT2D eigenvalue weighted by atomic mass is 10.2. The van der Waals surface area contributed by atoms with Crippen LogP contribution in [0.25, 0.3) is 0 Å². The molecule has 0 saturated carbocycles. The Kier molecular flexibility index (Phi) is 8.02. The molecule has 1 saturated heterocycles. The van der Waals surface area contributed by atoms with Crippen LogP contribution in [-0.2, 0) is 9.59 Å². The first-order valence-electron chi connectivity index (χ1n) is 10.1. The molecule has 0 spiro atoms. The number of benzene rings is 2. The number of rotatable bonds is 6. The van der Waals surface area contributed by atoms with E-state index in [2.05, 4.69) is 26.6 Å². The van der Waals surface area contributed by atoms with Crippen molar-refractivity contribution in [2.45, 2.75) is 0 Å². The summed E-state index contributed by atoms with van der Waals surface area (Å²) in [6.45, 7) is 4.02. The molecule has 3 amide bonds. The van der Waals surface area contributed by atoms with Crippen molar-refractivity contribution in [2.75, 3.05) is 51.7 Å². The van der Waals surface area contributed by atoms with Crippen LogP contribution in [0.2, 0.25) is 0 Å². The molecule has 0 aromatic heterocycles. The van der Waals surface area contributed by atoms with Crippen LogP contribution < -0.4 is 20.3 Å². The van der Waals surface area contributed by atoms with E-state index in [1.807, 2.05) is 29.2 Å². The van der Waals surface area contributed by atoms with Crippen LogP contribution in [0.5, 0.6) is 5.75 Å². The summed E-state index contributed by atoms with van der Waals surface area (Å²) >= 11 is 3.38. The predicted molar refractivity (Wildman–Crippen MR) is 120 cm³/mol. The van der Waals surface area contributed by atoms with E-state index in [0.717, 1.165) is 17.6 Å². The van der Waals surface area contributed by atoms with E-state index in [1.165, 1.54) is 4.90 Å². The molecule has 31 heavy (non-hydrogen) atoms. The summed E-state index contributed by atoms with van der Waals surface area (Å²) in [6.07, 6.45) is 0. The van der Waals surface area contributed by atoms with E-state index in [1.54, 1.807) is 31.4 Å². The number of ether oxygens (including phenoxy) is 1. The molecule has 0 aliphatic carbocycles. The topological polar surface area (TPSA) is 92.2 Å². The third-order valence-corrected chi connectivity index (χ3v) is 5.70. The molecular weight excluding hydrogens is 464 g/mol. The van der Waals surface area contributed by atoms with E-state index in [4.69, 9.17) is 4.74 Å². The van der Waals surface area contributed by atoms with E-state index in [9.17, 15) is 14.4 Å². The van der Waals surface area contributed by atoms with Gasteiger partial charge in [0, 0.05) is 15.7 Å². The lowest BCUT2D eigenvalue weighted by molar-refractivity contribution is -0.902. The number of nitrogens with zero attached hydrogens (tertiary/aromatic N) is 1. The van der Waals surface area contributed by atoms with Crippen molar-refractivity contribution < 1.29 is 24.0 Å². The van der Waals surface area contributed by atoms with Crippen molar-refractivity contribution in [1.82, 2.24) is 10.2 Å². The highest BCUT2D eigenvalue weighted by Crippen LogP contribution is 2.15. The van der Waals surface area contributed by atoms with Gasteiger partial charge >= 0.3 is 11.8 Å². The summed E-state index contributed by atoms with van der Waals surface area (Å²) in [6, 6.07) is 14.1. The van der Waals surface area contributed by atoms with Crippen molar-refractivity contribution in [1.29, 1.82) is 0 Å². The van der Waals surface area contributed by atoms with Crippen LogP contribution in [0.15, 0.2) is 53.0 Å². The van der Waals surface area contributed by atoms with Crippen molar-refractivity contribution in [3.05, 3.63) is 58.6 Å². The quantitative estimate of drug-likeness (QED) is 0.516. The Bertz CT molecular complexity index is 910. The molecule has 2 aromatic carbocycles. The Morgan fingerprint density at radius 1 is 1.00 bits per heavy atom. The number of quaternary nitrogens is 1. The van der Waals surface area contributed by atoms with Crippen LogP contribution >= 0.6 is 15.9 Å². The average Bonchev–Trinajstić information content (AvgIpc) is 2.80. The van der Waals surface area contributed by atoms with Crippen molar-refractivity contribution >= 4 is 39.3 Å². The minimum absolute atomic E-state index is 0.0371. The molecule has 9 heteroatoms. The second-order valence-electron chi connectivity index (χ2n) is 7.24. The van der Waals surface area contributed by atoms with Gasteiger partial charge in [0.15, 0.2) is 0 Å². The summed E-state index contributed by atoms with van der Waals surface area (Å²) in [5.74, 6) is -0.663. The maximum atomic E-state index is 12.6. The summed E-state index contributed by atoms with van der Waals surface area (Å²) in [5, 5.41) is 5.21. The molecule has 0 radical (unpaired) electrons. The monoisotopic (exact) mass is 489 g/mol. The van der Waals surface area contributed by atoms with Gasteiger partial charge in [-0.05, 0) is 48.5 Å². The number of anilines is 1. The molecule has 0 unspecified atom stereocenters. The van der Waals surface area contributed by atoms with Gasteiger partial charge in [0.25, 0.3) is 5.91 Å². The van der Waals surface area contributed by atoms with Gasteiger partial charge in [-0.25, -0.2) is 0 Å². The summed E-state index contributed by atoms with van der Waals surface area (Å²) < 4.78 is 6.00. The Morgan fingerprint density at radius 2 is 1.65 bits per heavy atom. The van der Waals surface area contributed by atoms with Gasteiger partial charge in [-0.1, -0.05) is 15.9 Å². The standard InChI is InChI=1S/C22H25BrN4O4/c1-31-19-8-6-18(7-9-19)25-21(29)20(28)24-10-11-26-12-14-27(15-13-26)22(30)16-2-4-17(23)5-3-16/h2-9H,10-15H2,1H3,(H,24,28)(H,25,29)/p+1. The number of hydrogen-bond acceptors (Lipinski definition) is 4. The number of hydrogen-bond donors (Lipinski definition) is 3. The first-order valence-corrected chi connectivity index (χ1v) is 10.9. The van der Waals surface area contributed by atoms with Gasteiger partial charge in [0.1, 0.15) is 5.75 Å². The highest BCUT2D eigenvalue weighted by molar-refractivity contribution is 9.10. The van der Waals surface area contributed by atoms with Gasteiger partial charge in [-0.3, -0.25) is 14.4 Å². The zero-order chi connectivity index (χ0) is 22.2. The molecule has 1 aliphatic heterocycles. The largest absolute Gasteiger partial charge is 0.497 e. The lowest BCUT2D eigenvalue weighted by Crippen LogP contribution is -3.15. The average molecular weight is 490 g/mol. The number of methoxy groups -OCH3 is 1. The second-order valence-corrected chi connectivity index (χ2v) is 8.15. The molecule has 0 atom stereocenters. The number of nitrogens with one attached hydrogen (secondary N) is 3. The fourth-order valence-electron chi connectivity index (χ4n) is 3.35. The molecule has 3 N–H and O–H groups in total. The minimum atomic E-state index is -0.704. The van der Waals surface area contributed by atoms with E-state index >= 15 is 0 Å². The number of halogens is 1. The van der Waals surface area contributed by atoms with E-state index in [0.29, 0.717) is 43.2 Å². The number of amides is 3. The Balaban J connectivity index is 1.36. The minimum Gasteiger partial charge on any atom is -0.497 e. The number of carbonyl (C=O) groups excluding carboxylic acids is 3. The van der Waals surface area contributed by atoms with Crippen LogP contribution in [0, 0.1) is 0 Å². The van der Waals surface area contributed by atoms with Crippen LogP contribution in [0.1, 0.15) is 10.4 Å². The third-order valence-electron chi connectivity index (χ3n) is 5.17. The van der Waals surface area contributed by atoms with E-state index < -0.39 is 11.8 Å². The van der Waals surface area contributed by atoms with Gasteiger partial charge in [0.2, 0.25) is 0 Å². The highest BCUT2D eigenvalue weighted by Gasteiger charge is 2.24. The Hall–Kier alpha value is -2.91. The van der Waals surface area contributed by atoms with Crippen molar-refractivity contribution in [3.63, 3.8) is 0 Å². The molecule has 1 fully saturated rings. The first kappa shape index (κ1) is 22.8. The zero-order valence-corrected chi connectivity index (χ0v) is 18.9. The normalized spacial score (nSPS) is 14.1. The lowest BCUT2D eigenvalue weighted by Gasteiger charge is -2.32. The Morgan fingerprint density at radius 3 is 2.26 bits per heavy atom. The molecular formula is C22H26BrN4O4+. The highest BCUT2D eigenvalue weighted by atomic mass is 79.9. The fraction of sp³-hybridized carbons (Fsp3) is 0.318. The van der Waals surface area contributed by atoms with Crippen molar-refractivity contribution in [3.8, 4) is 5.75 Å². The smallest absolute Gasteiger partial charge is 0.313 e. The van der Waals surface area contributed by atoms with Gasteiger partial charge < -0.3 is 25.2 Å². The maximum Gasteiger partial charge on any atom is 0.313 e. The second kappa shape index (κ2) is 10.9. The molecule has 1 heterocycles. The summed E-state index contributed by atoms with van der Waals surface area (Å²) in [5.41, 5.74) is 1.21. The van der Waals surface area contributed by atoms with E-state index in [-0.39, 0.29) is 5.91 Å².